The first-order valence-corrected chi connectivity index (χ1v) is 4.70. The second kappa shape index (κ2) is 15.7. The molecule has 9 heteroatoms. The minimum atomic E-state index is -1.17. The van der Waals surface area contributed by atoms with Crippen LogP contribution < -0.4 is 0 Å². The molecule has 0 aliphatic rings. The van der Waals surface area contributed by atoms with E-state index in [0.717, 1.165) is 7.11 Å². The van der Waals surface area contributed by atoms with Crippen molar-refractivity contribution in [3.8, 4) is 0 Å². The molecule has 0 atom stereocenters. The normalized spacial score (nSPS) is 7.42. The predicted molar refractivity (Wildman–Crippen MR) is 61.4 cm³/mol. The Morgan fingerprint density at radius 3 is 1.26 bits per heavy atom. The van der Waals surface area contributed by atoms with Gasteiger partial charge in [0.25, 0.3) is 0 Å². The maximum atomic E-state index is 10.0. The van der Waals surface area contributed by atoms with Gasteiger partial charge in [0.05, 0.1) is 28.4 Å². The Morgan fingerprint density at radius 2 is 1.21 bits per heavy atom. The van der Waals surface area contributed by atoms with Gasteiger partial charge in [-0.15, -0.1) is 0 Å². The van der Waals surface area contributed by atoms with E-state index in [9.17, 15) is 19.2 Å². The number of carbonyl (C=O) groups is 4. The van der Waals surface area contributed by atoms with E-state index in [2.05, 4.69) is 18.9 Å². The quantitative estimate of drug-likeness (QED) is 0.429. The van der Waals surface area contributed by atoms with Gasteiger partial charge in [0.2, 0.25) is 0 Å². The van der Waals surface area contributed by atoms with E-state index in [1.165, 1.54) is 28.3 Å². The van der Waals surface area contributed by atoms with Crippen LogP contribution in [0, 0.1) is 0 Å². The van der Waals surface area contributed by atoms with Crippen LogP contribution in [-0.4, -0.2) is 57.6 Å². The van der Waals surface area contributed by atoms with E-state index < -0.39 is 24.5 Å². The maximum absolute atomic E-state index is 10.0. The van der Waals surface area contributed by atoms with Crippen molar-refractivity contribution in [2.24, 2.45) is 0 Å². The summed E-state index contributed by atoms with van der Waals surface area (Å²) in [7, 11) is 5.01. The molecular formula is C10H18O9. The second-order valence-electron chi connectivity index (χ2n) is 2.50. The van der Waals surface area contributed by atoms with E-state index in [-0.39, 0.29) is 5.97 Å². The number of methoxy groups -OCH3 is 4. The summed E-state index contributed by atoms with van der Waals surface area (Å²) in [5.41, 5.74) is 0. The third-order valence-corrected chi connectivity index (χ3v) is 1.14. The summed E-state index contributed by atoms with van der Waals surface area (Å²) in [4.78, 5) is 39.0. The molecule has 0 rings (SSSR count). The van der Waals surface area contributed by atoms with Crippen molar-refractivity contribution in [1.29, 1.82) is 0 Å². The molecule has 0 saturated carbocycles. The number of carboxylic acid groups (broad SMARTS) is 1. The van der Waals surface area contributed by atoms with E-state index in [0.29, 0.717) is 0 Å². The monoisotopic (exact) mass is 282 g/mol. The number of hydrogen-bond acceptors (Lipinski definition) is 8. The first kappa shape index (κ1) is 21.9. The van der Waals surface area contributed by atoms with Crippen molar-refractivity contribution in [2.75, 3.05) is 28.4 Å². The molecule has 0 aromatic heterocycles. The lowest BCUT2D eigenvalue weighted by Gasteiger charge is -1.90. The van der Waals surface area contributed by atoms with Crippen LogP contribution in [0.2, 0.25) is 0 Å². The van der Waals surface area contributed by atoms with Crippen LogP contribution in [0.3, 0.4) is 0 Å². The van der Waals surface area contributed by atoms with Crippen LogP contribution in [0.25, 0.3) is 0 Å². The Hall–Kier alpha value is -2.32. The topological polar surface area (TPSA) is 125 Å². The zero-order valence-corrected chi connectivity index (χ0v) is 11.4. The molecular weight excluding hydrogens is 264 g/mol. The van der Waals surface area contributed by atoms with Crippen LogP contribution >= 0.6 is 0 Å². The highest BCUT2D eigenvalue weighted by atomic mass is 16.7. The highest BCUT2D eigenvalue weighted by Gasteiger charge is 2.04. The molecule has 0 aromatic carbocycles. The van der Waals surface area contributed by atoms with Gasteiger partial charge in [-0.05, 0) is 0 Å². The first-order chi connectivity index (χ1) is 8.74. The molecule has 0 spiro atoms. The van der Waals surface area contributed by atoms with Crippen molar-refractivity contribution in [3.05, 3.63) is 0 Å². The number of rotatable bonds is 2. The molecule has 0 saturated heterocycles. The predicted octanol–water partition coefficient (Wildman–Crippen LogP) is 0.213. The molecule has 0 unspecified atom stereocenters. The van der Waals surface area contributed by atoms with E-state index in [4.69, 9.17) is 5.11 Å². The summed E-state index contributed by atoms with van der Waals surface area (Å²) in [6.45, 7) is 1.36. The molecule has 0 aliphatic heterocycles. The fourth-order valence-electron chi connectivity index (χ4n) is 0.279. The summed E-state index contributed by atoms with van der Waals surface area (Å²) < 4.78 is 16.2. The molecule has 0 fully saturated rings. The van der Waals surface area contributed by atoms with Gasteiger partial charge >= 0.3 is 24.1 Å². The number of carboxylic acids is 1. The summed E-state index contributed by atoms with van der Waals surface area (Å²) in [6.07, 6.45) is -1.22. The Labute approximate surface area is 110 Å². The minimum Gasteiger partial charge on any atom is -0.481 e. The average molecular weight is 282 g/mol. The van der Waals surface area contributed by atoms with Crippen LogP contribution in [-0.2, 0) is 33.3 Å². The zero-order valence-electron chi connectivity index (χ0n) is 11.4. The maximum Gasteiger partial charge on any atom is 0.507 e. The van der Waals surface area contributed by atoms with Gasteiger partial charge in [-0.25, -0.2) is 4.79 Å². The molecule has 0 aliphatic carbocycles. The third-order valence-electron chi connectivity index (χ3n) is 1.14. The Morgan fingerprint density at radius 1 is 0.842 bits per heavy atom. The zero-order chi connectivity index (χ0) is 15.8. The van der Waals surface area contributed by atoms with E-state index >= 15 is 0 Å². The Balaban J connectivity index is -0.000000209. The van der Waals surface area contributed by atoms with Crippen molar-refractivity contribution >= 4 is 24.1 Å². The van der Waals surface area contributed by atoms with Crippen molar-refractivity contribution in [3.63, 3.8) is 0 Å². The fourth-order valence-corrected chi connectivity index (χ4v) is 0.279. The molecule has 0 amide bonds. The van der Waals surface area contributed by atoms with Gasteiger partial charge in [-0.2, -0.15) is 0 Å². The number of aliphatic carboxylic acids is 1. The molecule has 0 aromatic rings. The van der Waals surface area contributed by atoms with Crippen molar-refractivity contribution < 1.29 is 43.2 Å². The largest absolute Gasteiger partial charge is 0.507 e. The van der Waals surface area contributed by atoms with E-state index in [1.54, 1.807) is 0 Å². The third kappa shape index (κ3) is 31.3. The molecule has 19 heavy (non-hydrogen) atoms. The standard InChI is InChI=1S/C4H6O4.C3H6O3.C3H6O2/c1-8-4(7)2-3(5)6;1-5-3(4)6-2;1-3(4)5-2/h2H2,1H3,(H,5,6);1-2H3;1-2H3. The van der Waals surface area contributed by atoms with Gasteiger partial charge in [0, 0.05) is 6.92 Å². The van der Waals surface area contributed by atoms with Crippen LogP contribution in [0.1, 0.15) is 13.3 Å². The van der Waals surface area contributed by atoms with Crippen molar-refractivity contribution in [1.82, 2.24) is 0 Å². The summed E-state index contributed by atoms with van der Waals surface area (Å²) in [5, 5.41) is 7.91. The van der Waals surface area contributed by atoms with Gasteiger partial charge in [-0.3, -0.25) is 14.4 Å². The minimum absolute atomic E-state index is 0.245. The van der Waals surface area contributed by atoms with Crippen LogP contribution in [0.5, 0.6) is 0 Å². The molecule has 9 nitrogen and oxygen atoms in total. The number of ether oxygens (including phenoxy) is 4. The highest BCUT2D eigenvalue weighted by Crippen LogP contribution is 1.81. The second-order valence-corrected chi connectivity index (χ2v) is 2.50. The molecule has 0 bridgehead atoms. The number of hydrogen-bond donors (Lipinski definition) is 1. The summed E-state index contributed by atoms with van der Waals surface area (Å²) in [5.74, 6) is -2.14. The smallest absolute Gasteiger partial charge is 0.481 e. The van der Waals surface area contributed by atoms with Gasteiger partial charge in [-0.1, -0.05) is 0 Å². The Kier molecular flexibility index (Phi) is 18.1. The molecule has 112 valence electrons. The van der Waals surface area contributed by atoms with Gasteiger partial charge < -0.3 is 24.1 Å². The van der Waals surface area contributed by atoms with E-state index in [1.807, 2.05) is 0 Å². The van der Waals surface area contributed by atoms with Crippen LogP contribution in [0.15, 0.2) is 0 Å². The summed E-state index contributed by atoms with van der Waals surface area (Å²) in [6, 6.07) is 0. The summed E-state index contributed by atoms with van der Waals surface area (Å²) >= 11 is 0. The highest BCUT2D eigenvalue weighted by molar-refractivity contribution is 5.89. The van der Waals surface area contributed by atoms with Gasteiger partial charge in [0.15, 0.2) is 0 Å². The fraction of sp³-hybridized carbons (Fsp3) is 0.600. The molecule has 0 heterocycles. The first-order valence-electron chi connectivity index (χ1n) is 4.70. The average Bonchev–Trinajstić information content (AvgIpc) is 2.38. The van der Waals surface area contributed by atoms with Crippen LogP contribution in [0.4, 0.5) is 4.79 Å². The van der Waals surface area contributed by atoms with Crippen molar-refractivity contribution in [2.45, 2.75) is 13.3 Å². The molecule has 1 N–H and O–H groups in total. The SMILES string of the molecule is COC(=O)CC(=O)O.COC(=O)OC.COC(C)=O. The lowest BCUT2D eigenvalue weighted by molar-refractivity contribution is -0.149. The number of carbonyl (C=O) groups excluding carboxylic acids is 3. The molecule has 0 radical (unpaired) electrons. The van der Waals surface area contributed by atoms with Gasteiger partial charge in [0.1, 0.15) is 6.42 Å². The lowest BCUT2D eigenvalue weighted by Crippen LogP contribution is -2.07. The Bertz CT molecular complexity index is 279. The number of esters is 2. The lowest BCUT2D eigenvalue weighted by atomic mass is 10.4.